The van der Waals surface area contributed by atoms with Gasteiger partial charge in [-0.05, 0) is 31.7 Å². The van der Waals surface area contributed by atoms with Gasteiger partial charge in [-0.3, -0.25) is 4.90 Å². The maximum absolute atomic E-state index is 10.7. The van der Waals surface area contributed by atoms with Crippen molar-refractivity contribution in [3.63, 3.8) is 0 Å². The number of carbonyl (C=O) groups is 1. The summed E-state index contributed by atoms with van der Waals surface area (Å²) in [5.41, 5.74) is 0.619. The van der Waals surface area contributed by atoms with Gasteiger partial charge in [0.2, 0.25) is 0 Å². The molecular weight excluding hydrogens is 310 g/mol. The quantitative estimate of drug-likeness (QED) is 0.852. The van der Waals surface area contributed by atoms with Crippen molar-refractivity contribution in [2.24, 2.45) is 0 Å². The third kappa shape index (κ3) is 3.88. The molecule has 0 aromatic heterocycles. The highest BCUT2D eigenvalue weighted by molar-refractivity contribution is 5.68. The second-order valence-electron chi connectivity index (χ2n) is 6.64. The number of carboxylic acid groups (broad SMARTS) is 1. The van der Waals surface area contributed by atoms with Gasteiger partial charge in [-0.1, -0.05) is 18.2 Å². The Balaban J connectivity index is 1.59. The van der Waals surface area contributed by atoms with Gasteiger partial charge in [0.05, 0.1) is 11.7 Å². The fourth-order valence-corrected chi connectivity index (χ4v) is 3.63. The van der Waals surface area contributed by atoms with E-state index in [2.05, 4.69) is 4.90 Å². The molecule has 2 saturated heterocycles. The lowest BCUT2D eigenvalue weighted by molar-refractivity contribution is -0.177. The normalized spacial score (nSPS) is 24.0. The molecule has 6 nitrogen and oxygen atoms in total. The molecular formula is C18H25NO5. The molecule has 24 heavy (non-hydrogen) atoms. The predicted octanol–water partition coefficient (Wildman–Crippen LogP) is 1.66. The van der Waals surface area contributed by atoms with Crippen molar-refractivity contribution in [1.29, 1.82) is 0 Å². The highest BCUT2D eigenvalue weighted by Gasteiger charge is 2.43. The molecule has 2 aliphatic rings. The zero-order chi connectivity index (χ0) is 17.0. The fourth-order valence-electron chi connectivity index (χ4n) is 3.63. The van der Waals surface area contributed by atoms with Crippen LogP contribution in [0.1, 0.15) is 31.2 Å². The zero-order valence-corrected chi connectivity index (χ0v) is 13.8. The highest BCUT2D eigenvalue weighted by Crippen LogP contribution is 2.36. The standard InChI is InChI=1S/C18H25NO5/c20-16-6-3-11-24-18(16)7-9-19(10-8-18)12-14-4-1-2-5-15(14)23-13-17(21)22/h1-2,4-5,16,20H,3,6-13H2,(H,21,22)/t16-/m0/s1. The zero-order valence-electron chi connectivity index (χ0n) is 13.8. The number of para-hydroxylation sites is 1. The second kappa shape index (κ2) is 7.51. The van der Waals surface area contributed by atoms with E-state index >= 15 is 0 Å². The Bertz CT molecular complexity index is 568. The number of nitrogens with zero attached hydrogens (tertiary/aromatic N) is 1. The molecule has 2 heterocycles. The lowest BCUT2D eigenvalue weighted by Crippen LogP contribution is -2.55. The molecule has 0 saturated carbocycles. The van der Waals surface area contributed by atoms with E-state index in [0.29, 0.717) is 12.3 Å². The lowest BCUT2D eigenvalue weighted by atomic mass is 9.82. The van der Waals surface area contributed by atoms with E-state index in [0.717, 1.165) is 50.9 Å². The van der Waals surface area contributed by atoms with Crippen molar-refractivity contribution in [2.45, 2.75) is 43.9 Å². The first-order valence-corrected chi connectivity index (χ1v) is 8.56. The van der Waals surface area contributed by atoms with Crippen LogP contribution in [0.25, 0.3) is 0 Å². The van der Waals surface area contributed by atoms with Crippen molar-refractivity contribution in [1.82, 2.24) is 4.90 Å². The number of aliphatic carboxylic acids is 1. The van der Waals surface area contributed by atoms with Crippen LogP contribution >= 0.6 is 0 Å². The molecule has 0 unspecified atom stereocenters. The van der Waals surface area contributed by atoms with Gasteiger partial charge in [-0.25, -0.2) is 4.79 Å². The van der Waals surface area contributed by atoms with Crippen LogP contribution in [-0.4, -0.2) is 59.1 Å². The smallest absolute Gasteiger partial charge is 0.341 e. The topological polar surface area (TPSA) is 79.2 Å². The number of aliphatic hydroxyl groups excluding tert-OH is 1. The molecule has 0 amide bonds. The molecule has 2 aliphatic heterocycles. The van der Waals surface area contributed by atoms with E-state index in [-0.39, 0.29) is 18.3 Å². The minimum Gasteiger partial charge on any atom is -0.482 e. The molecule has 1 atom stereocenters. The number of rotatable bonds is 5. The number of carboxylic acids is 1. The van der Waals surface area contributed by atoms with Gasteiger partial charge in [0, 0.05) is 31.8 Å². The minimum atomic E-state index is -0.979. The molecule has 1 aromatic rings. The Labute approximate surface area is 142 Å². The summed E-state index contributed by atoms with van der Waals surface area (Å²) in [6, 6.07) is 7.55. The maximum atomic E-state index is 10.7. The van der Waals surface area contributed by atoms with Crippen molar-refractivity contribution in [2.75, 3.05) is 26.3 Å². The number of hydrogen-bond donors (Lipinski definition) is 2. The number of benzene rings is 1. The molecule has 0 radical (unpaired) electrons. The van der Waals surface area contributed by atoms with Crippen LogP contribution in [0.15, 0.2) is 24.3 Å². The third-order valence-corrected chi connectivity index (χ3v) is 5.04. The van der Waals surface area contributed by atoms with E-state index in [1.165, 1.54) is 0 Å². The summed E-state index contributed by atoms with van der Waals surface area (Å²) in [6.07, 6.45) is 3.05. The molecule has 1 aromatic carbocycles. The fraction of sp³-hybridized carbons (Fsp3) is 0.611. The number of piperidine rings is 1. The van der Waals surface area contributed by atoms with Crippen molar-refractivity contribution in [3.05, 3.63) is 29.8 Å². The summed E-state index contributed by atoms with van der Waals surface area (Å²) in [5.74, 6) is -0.359. The first kappa shape index (κ1) is 17.2. The Hall–Kier alpha value is -1.63. The first-order chi connectivity index (χ1) is 11.6. The highest BCUT2D eigenvalue weighted by atomic mass is 16.5. The van der Waals surface area contributed by atoms with E-state index in [4.69, 9.17) is 14.6 Å². The Morgan fingerprint density at radius 2 is 2.08 bits per heavy atom. The Morgan fingerprint density at radius 3 is 2.79 bits per heavy atom. The predicted molar refractivity (Wildman–Crippen MR) is 88.0 cm³/mol. The summed E-state index contributed by atoms with van der Waals surface area (Å²) in [4.78, 5) is 13.0. The van der Waals surface area contributed by atoms with Crippen LogP contribution < -0.4 is 4.74 Å². The second-order valence-corrected chi connectivity index (χ2v) is 6.64. The number of aliphatic hydroxyl groups is 1. The van der Waals surface area contributed by atoms with Crippen LogP contribution in [0.5, 0.6) is 5.75 Å². The SMILES string of the molecule is O=C(O)COc1ccccc1CN1CCC2(CC1)OCCC[C@@H]2O. The van der Waals surface area contributed by atoms with Crippen LogP contribution in [0.3, 0.4) is 0 Å². The number of likely N-dealkylation sites (tertiary alicyclic amines) is 1. The van der Waals surface area contributed by atoms with Gasteiger partial charge >= 0.3 is 5.97 Å². The molecule has 3 rings (SSSR count). The van der Waals surface area contributed by atoms with Crippen LogP contribution in [0.2, 0.25) is 0 Å². The minimum absolute atomic E-state index is 0.333. The van der Waals surface area contributed by atoms with E-state index in [1.54, 1.807) is 6.07 Å². The monoisotopic (exact) mass is 335 g/mol. The van der Waals surface area contributed by atoms with Crippen molar-refractivity contribution >= 4 is 5.97 Å². The average molecular weight is 335 g/mol. The van der Waals surface area contributed by atoms with E-state index in [1.807, 2.05) is 18.2 Å². The summed E-state index contributed by atoms with van der Waals surface area (Å²) in [5, 5.41) is 19.1. The largest absolute Gasteiger partial charge is 0.482 e. The summed E-state index contributed by atoms with van der Waals surface area (Å²) in [7, 11) is 0. The number of ether oxygens (including phenoxy) is 2. The van der Waals surface area contributed by atoms with Crippen LogP contribution in [0, 0.1) is 0 Å². The maximum Gasteiger partial charge on any atom is 0.341 e. The summed E-state index contributed by atoms with van der Waals surface area (Å²) in [6.45, 7) is 2.82. The van der Waals surface area contributed by atoms with Gasteiger partial charge < -0.3 is 19.7 Å². The van der Waals surface area contributed by atoms with E-state index < -0.39 is 5.97 Å². The van der Waals surface area contributed by atoms with E-state index in [9.17, 15) is 9.90 Å². The average Bonchev–Trinajstić information content (AvgIpc) is 2.59. The van der Waals surface area contributed by atoms with Crippen molar-refractivity contribution < 1.29 is 24.5 Å². The molecule has 2 N–H and O–H groups in total. The summed E-state index contributed by atoms with van der Waals surface area (Å²) >= 11 is 0. The van der Waals surface area contributed by atoms with Crippen molar-refractivity contribution in [3.8, 4) is 5.75 Å². The van der Waals surface area contributed by atoms with Gasteiger partial charge in [-0.15, -0.1) is 0 Å². The van der Waals surface area contributed by atoms with Crippen LogP contribution in [0.4, 0.5) is 0 Å². The molecule has 132 valence electrons. The molecule has 1 spiro atoms. The third-order valence-electron chi connectivity index (χ3n) is 5.04. The van der Waals surface area contributed by atoms with Gasteiger partial charge in [-0.2, -0.15) is 0 Å². The van der Waals surface area contributed by atoms with Gasteiger partial charge in [0.1, 0.15) is 5.75 Å². The Kier molecular flexibility index (Phi) is 5.38. The number of hydrogen-bond acceptors (Lipinski definition) is 5. The van der Waals surface area contributed by atoms with Crippen LogP contribution in [-0.2, 0) is 16.1 Å². The lowest BCUT2D eigenvalue weighted by Gasteiger charge is -2.46. The molecule has 2 fully saturated rings. The van der Waals surface area contributed by atoms with Gasteiger partial charge in [0.25, 0.3) is 0 Å². The molecule has 0 aliphatic carbocycles. The first-order valence-electron chi connectivity index (χ1n) is 8.56. The Morgan fingerprint density at radius 1 is 1.33 bits per heavy atom. The molecule has 6 heteroatoms. The molecule has 0 bridgehead atoms. The summed E-state index contributed by atoms with van der Waals surface area (Å²) < 4.78 is 11.3. The van der Waals surface area contributed by atoms with Gasteiger partial charge in [0.15, 0.2) is 6.61 Å².